The molecule has 10 nitrogen and oxygen atoms in total. The predicted octanol–water partition coefficient (Wildman–Crippen LogP) is 1.27. The van der Waals surface area contributed by atoms with E-state index in [9.17, 15) is 22.8 Å². The molecular formula is C20H24N2O8S2. The monoisotopic (exact) mass is 484 g/mol. The average molecular weight is 485 g/mol. The third-order valence-corrected chi connectivity index (χ3v) is 7.27. The first-order valence-corrected chi connectivity index (χ1v) is 12.3. The number of ether oxygens (including phenoxy) is 3. The van der Waals surface area contributed by atoms with Gasteiger partial charge in [0, 0.05) is 12.6 Å². The normalized spacial score (nSPS) is 17.5. The lowest BCUT2D eigenvalue weighted by molar-refractivity contribution is -0.134. The van der Waals surface area contributed by atoms with Crippen LogP contribution in [0.25, 0.3) is 0 Å². The summed E-state index contributed by atoms with van der Waals surface area (Å²) in [6, 6.07) is 3.96. The number of carbonyl (C=O) groups excluding carboxylic acids is 3. The minimum atomic E-state index is -3.83. The largest absolute Gasteiger partial charge is 0.495 e. The molecule has 1 saturated carbocycles. The fourth-order valence-electron chi connectivity index (χ4n) is 2.90. The van der Waals surface area contributed by atoms with Crippen molar-refractivity contribution >= 4 is 39.6 Å². The van der Waals surface area contributed by atoms with E-state index in [1.54, 1.807) is 0 Å². The Kier molecular flexibility index (Phi) is 7.80. The van der Waals surface area contributed by atoms with Crippen LogP contribution in [0.5, 0.6) is 5.75 Å². The van der Waals surface area contributed by atoms with Crippen molar-refractivity contribution in [1.82, 2.24) is 9.62 Å². The first kappa shape index (κ1) is 24.1. The van der Waals surface area contributed by atoms with Gasteiger partial charge in [-0.1, -0.05) is 11.8 Å². The summed E-state index contributed by atoms with van der Waals surface area (Å²) in [5.74, 6) is -1.04. The molecule has 1 aliphatic carbocycles. The number of thioether (sulfide) groups is 1. The van der Waals surface area contributed by atoms with Gasteiger partial charge in [0.1, 0.15) is 10.6 Å². The molecule has 1 N–H and O–H groups in total. The quantitative estimate of drug-likeness (QED) is 0.297. The second kappa shape index (κ2) is 10.4. The van der Waals surface area contributed by atoms with E-state index in [-0.39, 0.29) is 47.1 Å². The SMILES string of the molecule is COC(=O)/C=C1/SCC(=O)N1CCCOC(=O)c1ccc(OC)c(S(=O)(=O)NC2CC2)c1. The fraction of sp³-hybridized carbons (Fsp3) is 0.450. The van der Waals surface area contributed by atoms with E-state index in [1.165, 1.54) is 55.2 Å². The molecule has 1 saturated heterocycles. The molecule has 3 rings (SSSR count). The molecule has 174 valence electrons. The van der Waals surface area contributed by atoms with Gasteiger partial charge < -0.3 is 19.1 Å². The van der Waals surface area contributed by atoms with E-state index < -0.39 is 22.0 Å². The topological polar surface area (TPSA) is 128 Å². The Morgan fingerprint density at radius 3 is 2.69 bits per heavy atom. The molecule has 1 aromatic carbocycles. The molecule has 1 aromatic rings. The molecule has 0 unspecified atom stereocenters. The number of carbonyl (C=O) groups is 3. The molecule has 1 amide bonds. The minimum absolute atomic E-state index is 0.00716. The van der Waals surface area contributed by atoms with Crippen molar-refractivity contribution in [1.29, 1.82) is 0 Å². The number of methoxy groups -OCH3 is 2. The van der Waals surface area contributed by atoms with Gasteiger partial charge >= 0.3 is 11.9 Å². The molecule has 0 radical (unpaired) electrons. The molecule has 12 heteroatoms. The average Bonchev–Trinajstić information content (AvgIpc) is 3.52. The molecular weight excluding hydrogens is 460 g/mol. The maximum absolute atomic E-state index is 12.6. The highest BCUT2D eigenvalue weighted by atomic mass is 32.2. The van der Waals surface area contributed by atoms with Crippen LogP contribution in [0.4, 0.5) is 0 Å². The summed E-state index contributed by atoms with van der Waals surface area (Å²) in [6.07, 6.45) is 3.13. The van der Waals surface area contributed by atoms with Crippen LogP contribution in [0.3, 0.4) is 0 Å². The number of esters is 2. The highest BCUT2D eigenvalue weighted by Gasteiger charge is 2.31. The van der Waals surface area contributed by atoms with Crippen molar-refractivity contribution in [2.45, 2.75) is 30.2 Å². The predicted molar refractivity (Wildman–Crippen MR) is 116 cm³/mol. The van der Waals surface area contributed by atoms with E-state index in [2.05, 4.69) is 9.46 Å². The van der Waals surface area contributed by atoms with Crippen LogP contribution >= 0.6 is 11.8 Å². The smallest absolute Gasteiger partial charge is 0.338 e. The lowest BCUT2D eigenvalue weighted by atomic mass is 10.2. The van der Waals surface area contributed by atoms with Crippen LogP contribution in [-0.2, 0) is 29.1 Å². The highest BCUT2D eigenvalue weighted by molar-refractivity contribution is 8.04. The number of hydrogen-bond donors (Lipinski definition) is 1. The second-order valence-electron chi connectivity index (χ2n) is 7.09. The Bertz CT molecular complexity index is 1030. The molecule has 0 bridgehead atoms. The summed E-state index contributed by atoms with van der Waals surface area (Å²) in [4.78, 5) is 37.2. The van der Waals surface area contributed by atoms with Gasteiger partial charge in [-0.25, -0.2) is 22.7 Å². The number of nitrogens with one attached hydrogen (secondary N) is 1. The fourth-order valence-corrected chi connectivity index (χ4v) is 5.35. The number of sulfonamides is 1. The Labute approximate surface area is 190 Å². The molecule has 0 spiro atoms. The number of benzene rings is 1. The van der Waals surface area contributed by atoms with E-state index >= 15 is 0 Å². The van der Waals surface area contributed by atoms with Crippen LogP contribution in [0.2, 0.25) is 0 Å². The van der Waals surface area contributed by atoms with Crippen molar-refractivity contribution in [2.24, 2.45) is 0 Å². The molecule has 2 aliphatic rings. The Morgan fingerprint density at radius 1 is 1.28 bits per heavy atom. The van der Waals surface area contributed by atoms with Gasteiger partial charge in [-0.05, 0) is 37.5 Å². The van der Waals surface area contributed by atoms with E-state index in [0.717, 1.165) is 12.8 Å². The molecule has 32 heavy (non-hydrogen) atoms. The van der Waals surface area contributed by atoms with Gasteiger partial charge in [0.15, 0.2) is 0 Å². The second-order valence-corrected chi connectivity index (χ2v) is 9.77. The summed E-state index contributed by atoms with van der Waals surface area (Å²) in [5.41, 5.74) is 0.0704. The van der Waals surface area contributed by atoms with E-state index in [4.69, 9.17) is 9.47 Å². The minimum Gasteiger partial charge on any atom is -0.495 e. The van der Waals surface area contributed by atoms with Crippen molar-refractivity contribution in [3.63, 3.8) is 0 Å². The van der Waals surface area contributed by atoms with E-state index in [1.807, 2.05) is 0 Å². The maximum atomic E-state index is 12.6. The molecule has 1 aliphatic heterocycles. The van der Waals surface area contributed by atoms with Crippen LogP contribution in [-0.4, -0.2) is 70.3 Å². The van der Waals surface area contributed by atoms with Crippen molar-refractivity contribution < 1.29 is 37.0 Å². The van der Waals surface area contributed by atoms with Gasteiger partial charge in [0.25, 0.3) is 0 Å². The Balaban J connectivity index is 1.59. The number of rotatable bonds is 10. The first-order valence-electron chi connectivity index (χ1n) is 9.85. The summed E-state index contributed by atoms with van der Waals surface area (Å²) < 4.78 is 42.7. The first-order chi connectivity index (χ1) is 15.2. The number of amides is 1. The third-order valence-electron chi connectivity index (χ3n) is 4.70. The number of nitrogens with zero attached hydrogens (tertiary/aromatic N) is 1. The zero-order chi connectivity index (χ0) is 23.3. The molecule has 1 heterocycles. The number of hydrogen-bond acceptors (Lipinski definition) is 9. The summed E-state index contributed by atoms with van der Waals surface area (Å²) in [7, 11) is -1.23. The van der Waals surface area contributed by atoms with Crippen molar-refractivity contribution in [3.8, 4) is 5.75 Å². The van der Waals surface area contributed by atoms with Crippen LogP contribution < -0.4 is 9.46 Å². The van der Waals surface area contributed by atoms with Gasteiger partial charge in [-0.3, -0.25) is 4.79 Å². The zero-order valence-corrected chi connectivity index (χ0v) is 19.3. The lowest BCUT2D eigenvalue weighted by Gasteiger charge is -2.16. The van der Waals surface area contributed by atoms with Gasteiger partial charge in [0.05, 0.1) is 43.2 Å². The van der Waals surface area contributed by atoms with Gasteiger partial charge in [0.2, 0.25) is 15.9 Å². The van der Waals surface area contributed by atoms with Gasteiger partial charge in [-0.2, -0.15) is 0 Å². The molecule has 0 aromatic heterocycles. The maximum Gasteiger partial charge on any atom is 0.338 e. The van der Waals surface area contributed by atoms with Crippen molar-refractivity contribution in [3.05, 3.63) is 34.9 Å². The highest BCUT2D eigenvalue weighted by Crippen LogP contribution is 2.30. The lowest BCUT2D eigenvalue weighted by Crippen LogP contribution is -2.27. The Morgan fingerprint density at radius 2 is 2.03 bits per heavy atom. The third kappa shape index (κ3) is 6.02. The standard InChI is InChI=1S/C20H24N2O8S2/c1-28-15-7-4-13(10-16(15)32(26,27)21-14-5-6-14)20(25)30-9-3-8-22-17(23)12-31-18(22)11-19(24)29-2/h4,7,10-11,14,21H,3,5-6,8-9,12H2,1-2H3/b18-11+. The molecule has 0 atom stereocenters. The van der Waals surface area contributed by atoms with Crippen molar-refractivity contribution in [2.75, 3.05) is 33.1 Å². The molecule has 2 fully saturated rings. The summed E-state index contributed by atoms with van der Waals surface area (Å²) in [6.45, 7) is 0.267. The Hall–Kier alpha value is -2.57. The van der Waals surface area contributed by atoms with E-state index in [0.29, 0.717) is 11.4 Å². The van der Waals surface area contributed by atoms with Crippen LogP contribution in [0.1, 0.15) is 29.6 Å². The van der Waals surface area contributed by atoms with Crippen LogP contribution in [0, 0.1) is 0 Å². The zero-order valence-electron chi connectivity index (χ0n) is 17.7. The van der Waals surface area contributed by atoms with Crippen LogP contribution in [0.15, 0.2) is 34.2 Å². The summed E-state index contributed by atoms with van der Waals surface area (Å²) >= 11 is 1.23. The summed E-state index contributed by atoms with van der Waals surface area (Å²) in [5, 5.41) is 0.487. The van der Waals surface area contributed by atoms with Gasteiger partial charge in [-0.15, -0.1) is 0 Å².